The van der Waals surface area contributed by atoms with Crippen LogP contribution in [0.25, 0.3) is 0 Å². The summed E-state index contributed by atoms with van der Waals surface area (Å²) in [4.78, 5) is 25.8. The normalized spacial score (nSPS) is 11.8. The molecule has 180 valence electrons. The van der Waals surface area contributed by atoms with Gasteiger partial charge in [0.25, 0.3) is 0 Å². The van der Waals surface area contributed by atoms with Crippen molar-refractivity contribution >= 4 is 23.9 Å². The minimum absolute atomic E-state index is 0.0220. The van der Waals surface area contributed by atoms with Gasteiger partial charge in [-0.1, -0.05) is 0 Å². The van der Waals surface area contributed by atoms with Gasteiger partial charge in [0, 0.05) is 72.0 Å². The van der Waals surface area contributed by atoms with Crippen LogP contribution in [-0.4, -0.2) is 116 Å². The van der Waals surface area contributed by atoms with Gasteiger partial charge < -0.3 is 48.3 Å². The molecule has 0 rings (SSSR count). The third-order valence-corrected chi connectivity index (χ3v) is 4.38. The van der Waals surface area contributed by atoms with Crippen molar-refractivity contribution in [2.24, 2.45) is 23.1 Å². The predicted octanol–water partition coefficient (Wildman–Crippen LogP) is -3.72. The summed E-state index contributed by atoms with van der Waals surface area (Å²) >= 11 is 0. The van der Waals surface area contributed by atoms with E-state index in [1.54, 1.807) is 4.90 Å². The molecule has 0 aromatic rings. The monoisotopic (exact) mass is 446 g/mol. The number of nitrogens with zero attached hydrogens (tertiary/aromatic N) is 2. The molecule has 0 heterocycles. The molecular formula is C17H38N10O4. The molecule has 1 unspecified atom stereocenters. The highest BCUT2D eigenvalue weighted by atomic mass is 16.4. The summed E-state index contributed by atoms with van der Waals surface area (Å²) in [5.74, 6) is -3.59. The highest BCUT2D eigenvalue weighted by Crippen LogP contribution is 2.06. The average molecular weight is 447 g/mol. The van der Waals surface area contributed by atoms with Gasteiger partial charge in [-0.15, -0.1) is 0 Å². The zero-order valence-corrected chi connectivity index (χ0v) is 17.9. The number of carboxylic acids is 2. The van der Waals surface area contributed by atoms with E-state index >= 15 is 0 Å². The molecule has 0 fully saturated rings. The molecule has 14 heteroatoms. The molecule has 0 aliphatic rings. The second kappa shape index (κ2) is 17.0. The molecule has 0 bridgehead atoms. The topological polar surface area (TPSA) is 243 Å². The Balaban J connectivity index is 4.51. The lowest BCUT2D eigenvalue weighted by molar-refractivity contribution is -0.148. The molecule has 0 aromatic carbocycles. The zero-order chi connectivity index (χ0) is 23.6. The fourth-order valence-corrected chi connectivity index (χ4v) is 2.77. The summed E-state index contributed by atoms with van der Waals surface area (Å²) in [5.41, 5.74) is 16.3. The Morgan fingerprint density at radius 3 is 1.94 bits per heavy atom. The molecule has 13 N–H and O–H groups in total. The molecule has 0 saturated heterocycles. The van der Waals surface area contributed by atoms with Crippen molar-refractivity contribution < 1.29 is 19.8 Å². The molecule has 0 saturated carbocycles. The average Bonchev–Trinajstić information content (AvgIpc) is 2.67. The second-order valence-corrected chi connectivity index (χ2v) is 6.94. The van der Waals surface area contributed by atoms with Crippen molar-refractivity contribution in [3.63, 3.8) is 0 Å². The van der Waals surface area contributed by atoms with Crippen LogP contribution >= 0.6 is 0 Å². The molecule has 1 atom stereocenters. The quantitative estimate of drug-likeness (QED) is 0.0523. The molecule has 0 aliphatic heterocycles. The first-order valence-corrected chi connectivity index (χ1v) is 10.1. The summed E-state index contributed by atoms with van der Waals surface area (Å²) in [6.45, 7) is 5.36. The van der Waals surface area contributed by atoms with Gasteiger partial charge in [0.05, 0.1) is 12.3 Å². The van der Waals surface area contributed by atoms with Crippen LogP contribution in [0, 0.1) is 16.7 Å². The van der Waals surface area contributed by atoms with Crippen LogP contribution in [0.1, 0.15) is 6.42 Å². The van der Waals surface area contributed by atoms with Crippen molar-refractivity contribution in [3.05, 3.63) is 0 Å². The first-order valence-electron chi connectivity index (χ1n) is 10.1. The maximum Gasteiger partial charge on any atom is 0.308 e. The lowest BCUT2D eigenvalue weighted by atomic mass is 10.1. The Bertz CT molecular complexity index is 563. The first kappa shape index (κ1) is 28.3. The second-order valence-electron chi connectivity index (χ2n) is 6.94. The fourth-order valence-electron chi connectivity index (χ4n) is 2.77. The SMILES string of the molecule is N=C(N)NCCN(CCNCCN(CCNCCN)C(=N)N)CC(CC(=O)O)C(=O)O. The molecular weight excluding hydrogens is 408 g/mol. The van der Waals surface area contributed by atoms with Crippen molar-refractivity contribution in [2.45, 2.75) is 6.42 Å². The van der Waals surface area contributed by atoms with Gasteiger partial charge in [-0.05, 0) is 0 Å². The highest BCUT2D eigenvalue weighted by molar-refractivity contribution is 5.78. The number of rotatable bonds is 19. The largest absolute Gasteiger partial charge is 0.481 e. The maximum absolute atomic E-state index is 11.4. The van der Waals surface area contributed by atoms with Gasteiger partial charge in [0.2, 0.25) is 0 Å². The Morgan fingerprint density at radius 2 is 1.45 bits per heavy atom. The maximum atomic E-state index is 11.4. The third kappa shape index (κ3) is 15.8. The van der Waals surface area contributed by atoms with Crippen LogP contribution in [0.2, 0.25) is 0 Å². The van der Waals surface area contributed by atoms with Crippen LogP contribution < -0.4 is 33.2 Å². The number of nitrogens with one attached hydrogen (secondary N) is 5. The fraction of sp³-hybridized carbons (Fsp3) is 0.765. The predicted molar refractivity (Wildman–Crippen MR) is 118 cm³/mol. The lowest BCUT2D eigenvalue weighted by Gasteiger charge is -2.26. The number of aliphatic carboxylic acids is 2. The minimum atomic E-state index is -1.17. The summed E-state index contributed by atoms with van der Waals surface area (Å²) in [6, 6.07) is 0. The Kier molecular flexibility index (Phi) is 15.6. The Labute approximate surface area is 182 Å². The molecule has 0 radical (unpaired) electrons. The van der Waals surface area contributed by atoms with Crippen molar-refractivity contribution in [1.82, 2.24) is 25.8 Å². The van der Waals surface area contributed by atoms with Crippen molar-refractivity contribution in [2.75, 3.05) is 72.0 Å². The standard InChI is InChI=1S/C17H38N10O4/c18-1-2-23-4-9-27(17(21)22)10-5-24-3-7-26(8-6-25-16(19)20)12-13(15(30)31)11-14(28)29/h13,23-24H,1-12,18H2,(H3,21,22)(H,28,29)(H,30,31)(H4,19,20,25). The van der Waals surface area contributed by atoms with Crippen LogP contribution in [-0.2, 0) is 9.59 Å². The summed E-state index contributed by atoms with van der Waals surface area (Å²) in [5, 5.41) is 42.1. The van der Waals surface area contributed by atoms with Crippen molar-refractivity contribution in [3.8, 4) is 0 Å². The first-order chi connectivity index (χ1) is 14.7. The smallest absolute Gasteiger partial charge is 0.308 e. The molecule has 0 aliphatic carbocycles. The number of hydrogen-bond donors (Lipinski definition) is 10. The van der Waals surface area contributed by atoms with Gasteiger partial charge in [-0.3, -0.25) is 25.3 Å². The number of hydrogen-bond acceptors (Lipinski definition) is 8. The van der Waals surface area contributed by atoms with E-state index in [1.807, 2.05) is 4.90 Å². The van der Waals surface area contributed by atoms with E-state index in [1.165, 1.54) is 0 Å². The molecule has 14 nitrogen and oxygen atoms in total. The Hall–Kier alpha value is -2.68. The lowest BCUT2D eigenvalue weighted by Crippen LogP contribution is -2.46. The zero-order valence-electron chi connectivity index (χ0n) is 17.9. The highest BCUT2D eigenvalue weighted by Gasteiger charge is 2.23. The van der Waals surface area contributed by atoms with E-state index in [0.29, 0.717) is 65.4 Å². The number of guanidine groups is 2. The number of nitrogens with two attached hydrogens (primary N) is 3. The summed E-state index contributed by atoms with van der Waals surface area (Å²) < 4.78 is 0. The molecule has 0 spiro atoms. The van der Waals surface area contributed by atoms with Crippen LogP contribution in [0.15, 0.2) is 0 Å². The number of carboxylic acid groups (broad SMARTS) is 2. The van der Waals surface area contributed by atoms with E-state index in [0.717, 1.165) is 0 Å². The minimum Gasteiger partial charge on any atom is -0.481 e. The molecule has 31 heavy (non-hydrogen) atoms. The van der Waals surface area contributed by atoms with Crippen molar-refractivity contribution in [1.29, 1.82) is 10.8 Å². The Morgan fingerprint density at radius 1 is 0.903 bits per heavy atom. The van der Waals surface area contributed by atoms with Gasteiger partial charge in [-0.2, -0.15) is 0 Å². The molecule has 0 amide bonds. The van der Waals surface area contributed by atoms with Gasteiger partial charge in [0.1, 0.15) is 0 Å². The molecule has 0 aromatic heterocycles. The summed E-state index contributed by atoms with van der Waals surface area (Å²) in [7, 11) is 0. The van der Waals surface area contributed by atoms with Gasteiger partial charge >= 0.3 is 11.9 Å². The van der Waals surface area contributed by atoms with Crippen LogP contribution in [0.5, 0.6) is 0 Å². The van der Waals surface area contributed by atoms with E-state index in [9.17, 15) is 14.7 Å². The van der Waals surface area contributed by atoms with E-state index in [4.69, 9.17) is 33.1 Å². The van der Waals surface area contributed by atoms with E-state index < -0.39 is 24.3 Å². The van der Waals surface area contributed by atoms with Crippen LogP contribution in [0.4, 0.5) is 0 Å². The third-order valence-electron chi connectivity index (χ3n) is 4.38. The number of carbonyl (C=O) groups is 2. The van der Waals surface area contributed by atoms with E-state index in [2.05, 4.69) is 16.0 Å². The van der Waals surface area contributed by atoms with Crippen LogP contribution in [0.3, 0.4) is 0 Å². The van der Waals surface area contributed by atoms with Gasteiger partial charge in [-0.25, -0.2) is 0 Å². The summed E-state index contributed by atoms with van der Waals surface area (Å²) in [6.07, 6.45) is -0.467. The van der Waals surface area contributed by atoms with Gasteiger partial charge in [0.15, 0.2) is 11.9 Å². The van der Waals surface area contributed by atoms with E-state index in [-0.39, 0.29) is 18.5 Å².